The normalized spacial score (nSPS) is 14.9. The Labute approximate surface area is 231 Å². The molecule has 10 heteroatoms. The van der Waals surface area contributed by atoms with Crippen LogP contribution in [-0.4, -0.2) is 53.4 Å². The van der Waals surface area contributed by atoms with Crippen molar-refractivity contribution in [3.8, 4) is 17.1 Å². The molecule has 0 atom stereocenters. The topological polar surface area (TPSA) is 116 Å². The zero-order valence-corrected chi connectivity index (χ0v) is 24.7. The molecule has 0 bridgehead atoms. The van der Waals surface area contributed by atoms with Crippen LogP contribution in [0.1, 0.15) is 45.7 Å². The molecule has 2 N–H and O–H groups in total. The molecule has 2 aromatic heterocycles. The lowest BCUT2D eigenvalue weighted by atomic mass is 9.96. The molecule has 0 spiro atoms. The van der Waals surface area contributed by atoms with Crippen molar-refractivity contribution in [2.45, 2.75) is 64.6 Å². The fourth-order valence-corrected chi connectivity index (χ4v) is 5.53. The number of aryl methyl sites for hydroxylation is 1. The number of aromatic nitrogens is 4. The fraction of sp³-hybridized carbons (Fsp3) is 0.483. The van der Waals surface area contributed by atoms with Gasteiger partial charge in [-0.25, -0.2) is 15.0 Å². The number of primary amides is 1. The van der Waals surface area contributed by atoms with Crippen LogP contribution in [0.15, 0.2) is 53.7 Å². The second-order valence-corrected chi connectivity index (χ2v) is 16.5. The molecule has 0 radical (unpaired) electrons. The molecule has 1 aromatic carbocycles. The Hall–Kier alpha value is -3.37. The van der Waals surface area contributed by atoms with Gasteiger partial charge in [0.15, 0.2) is 20.0 Å². The van der Waals surface area contributed by atoms with E-state index in [4.69, 9.17) is 15.1 Å². The van der Waals surface area contributed by atoms with Crippen molar-refractivity contribution < 1.29 is 9.22 Å². The number of piperidine rings is 1. The Morgan fingerprint density at radius 1 is 1.10 bits per heavy atom. The van der Waals surface area contributed by atoms with Crippen LogP contribution in [0.5, 0.6) is 0 Å². The zero-order chi connectivity index (χ0) is 28.2. The van der Waals surface area contributed by atoms with Gasteiger partial charge in [-0.05, 0) is 74.1 Å². The van der Waals surface area contributed by atoms with Crippen LogP contribution in [0.3, 0.4) is 0 Å². The third kappa shape index (κ3) is 6.80. The molecule has 0 aliphatic carbocycles. The van der Waals surface area contributed by atoms with E-state index >= 15 is 0 Å². The number of carbonyl (C=O) groups is 1. The van der Waals surface area contributed by atoms with Crippen LogP contribution in [0.4, 0.5) is 5.82 Å². The Balaban J connectivity index is 1.60. The monoisotopic (exact) mass is 548 g/mol. The highest BCUT2D eigenvalue weighted by Gasteiger charge is 2.36. The van der Waals surface area contributed by atoms with E-state index in [1.165, 1.54) is 0 Å². The van der Waals surface area contributed by atoms with Gasteiger partial charge in [-0.1, -0.05) is 20.8 Å². The summed E-state index contributed by atoms with van der Waals surface area (Å²) in [7, 11) is -1.83. The Morgan fingerprint density at radius 2 is 1.74 bits per heavy atom. The summed E-state index contributed by atoms with van der Waals surface area (Å²) < 4.78 is 8.04. The van der Waals surface area contributed by atoms with Crippen molar-refractivity contribution in [3.63, 3.8) is 0 Å². The molecule has 208 valence electrons. The molecule has 1 amide bonds. The average Bonchev–Trinajstić information content (AvgIpc) is 2.92. The van der Waals surface area contributed by atoms with Crippen LogP contribution in [0.25, 0.3) is 17.1 Å². The number of rotatable bonds is 9. The molecule has 4 rings (SSSR count). The van der Waals surface area contributed by atoms with Gasteiger partial charge in [-0.3, -0.25) is 14.2 Å². The van der Waals surface area contributed by atoms with E-state index < -0.39 is 8.32 Å². The number of anilines is 1. The predicted molar refractivity (Wildman–Crippen MR) is 156 cm³/mol. The Morgan fingerprint density at radius 3 is 2.33 bits per heavy atom. The smallest absolute Gasteiger partial charge is 0.298 e. The first-order chi connectivity index (χ1) is 18.5. The van der Waals surface area contributed by atoms with Gasteiger partial charge in [0.25, 0.3) is 5.56 Å². The maximum absolute atomic E-state index is 13.7. The van der Waals surface area contributed by atoms with Gasteiger partial charge in [-0.2, -0.15) is 0 Å². The largest absolute Gasteiger partial charge is 0.417 e. The standard InChI is InChI=1S/C29H40N6O3Si/c1-29(2,3)39(4,5)38-19-6-8-23-20-35(24-11-9-22(10-12-24)26-31-15-7-16-32-26)28(37)27(33-23)34-17-13-21(14-18-34)25(30)36/h7,9-12,15-16,20-21H,6,8,13-14,17-19H2,1-5H3,(H2,30,36). The summed E-state index contributed by atoms with van der Waals surface area (Å²) >= 11 is 0. The summed E-state index contributed by atoms with van der Waals surface area (Å²) in [5.74, 6) is 0.604. The van der Waals surface area contributed by atoms with Crippen molar-refractivity contribution in [2.24, 2.45) is 11.7 Å². The number of nitrogens with zero attached hydrogens (tertiary/aromatic N) is 5. The van der Waals surface area contributed by atoms with E-state index in [0.29, 0.717) is 50.6 Å². The maximum Gasteiger partial charge on any atom is 0.298 e. The van der Waals surface area contributed by atoms with Crippen LogP contribution in [0, 0.1) is 5.92 Å². The molecular weight excluding hydrogens is 508 g/mol. The molecule has 1 fully saturated rings. The average molecular weight is 549 g/mol. The lowest BCUT2D eigenvalue weighted by molar-refractivity contribution is -0.122. The van der Waals surface area contributed by atoms with Crippen molar-refractivity contribution in [3.05, 3.63) is 65.0 Å². The number of benzene rings is 1. The van der Waals surface area contributed by atoms with Gasteiger partial charge in [0, 0.05) is 55.5 Å². The van der Waals surface area contributed by atoms with E-state index in [2.05, 4.69) is 43.8 Å². The highest BCUT2D eigenvalue weighted by Crippen LogP contribution is 2.36. The number of carbonyl (C=O) groups excluding carboxylic acids is 1. The zero-order valence-electron chi connectivity index (χ0n) is 23.7. The van der Waals surface area contributed by atoms with Gasteiger partial charge in [0.2, 0.25) is 5.91 Å². The molecule has 1 aliphatic heterocycles. The van der Waals surface area contributed by atoms with Crippen LogP contribution >= 0.6 is 0 Å². The lowest BCUT2D eigenvalue weighted by Crippen LogP contribution is -2.42. The third-order valence-electron chi connectivity index (χ3n) is 7.95. The number of hydrogen-bond donors (Lipinski definition) is 1. The van der Waals surface area contributed by atoms with E-state index in [0.717, 1.165) is 23.4 Å². The number of amides is 1. The highest BCUT2D eigenvalue weighted by atomic mass is 28.4. The Kier molecular flexibility index (Phi) is 8.66. The first-order valence-electron chi connectivity index (χ1n) is 13.6. The van der Waals surface area contributed by atoms with Crippen LogP contribution in [0.2, 0.25) is 18.1 Å². The van der Waals surface area contributed by atoms with Crippen molar-refractivity contribution >= 4 is 20.0 Å². The molecular formula is C29H40N6O3Si. The molecule has 1 saturated heterocycles. The number of nitrogens with two attached hydrogens (primary N) is 1. The molecule has 0 unspecified atom stereocenters. The minimum atomic E-state index is -1.83. The molecule has 0 saturated carbocycles. The SMILES string of the molecule is CC(C)(C)[Si](C)(C)OCCCc1cn(-c2ccc(-c3ncccn3)cc2)c(=O)c(N2CCC(C(N)=O)CC2)n1. The summed E-state index contributed by atoms with van der Waals surface area (Å²) in [6.07, 6.45) is 7.99. The minimum Gasteiger partial charge on any atom is -0.417 e. The second kappa shape index (κ2) is 11.8. The highest BCUT2D eigenvalue weighted by molar-refractivity contribution is 6.74. The van der Waals surface area contributed by atoms with Gasteiger partial charge in [0.05, 0.1) is 5.69 Å². The fourth-order valence-electron chi connectivity index (χ4n) is 4.44. The van der Waals surface area contributed by atoms with Crippen molar-refractivity contribution in [1.29, 1.82) is 0 Å². The summed E-state index contributed by atoms with van der Waals surface area (Å²) in [6.45, 7) is 13.0. The van der Waals surface area contributed by atoms with Gasteiger partial charge >= 0.3 is 0 Å². The predicted octanol–water partition coefficient (Wildman–Crippen LogP) is 4.35. The first kappa shape index (κ1) is 28.6. The van der Waals surface area contributed by atoms with Crippen molar-refractivity contribution in [1.82, 2.24) is 19.5 Å². The molecule has 39 heavy (non-hydrogen) atoms. The summed E-state index contributed by atoms with van der Waals surface area (Å²) in [4.78, 5) is 40.8. The van der Waals surface area contributed by atoms with Gasteiger partial charge in [-0.15, -0.1) is 0 Å². The third-order valence-corrected chi connectivity index (χ3v) is 12.5. The number of hydrogen-bond acceptors (Lipinski definition) is 7. The van der Waals surface area contributed by atoms with E-state index in [9.17, 15) is 9.59 Å². The molecule has 1 aliphatic rings. The van der Waals surface area contributed by atoms with E-state index in [1.807, 2.05) is 35.4 Å². The summed E-state index contributed by atoms with van der Waals surface area (Å²) in [5.41, 5.74) is 7.79. The summed E-state index contributed by atoms with van der Waals surface area (Å²) in [5, 5.41) is 0.152. The van der Waals surface area contributed by atoms with E-state index in [1.54, 1.807) is 23.0 Å². The van der Waals surface area contributed by atoms with Crippen LogP contribution < -0.4 is 16.2 Å². The van der Waals surface area contributed by atoms with E-state index in [-0.39, 0.29) is 22.4 Å². The molecule has 3 aromatic rings. The van der Waals surface area contributed by atoms with Gasteiger partial charge < -0.3 is 15.1 Å². The van der Waals surface area contributed by atoms with Crippen molar-refractivity contribution in [2.75, 3.05) is 24.6 Å². The Bertz CT molecular complexity index is 1330. The first-order valence-corrected chi connectivity index (χ1v) is 16.6. The second-order valence-electron chi connectivity index (χ2n) is 11.7. The maximum atomic E-state index is 13.7. The summed E-state index contributed by atoms with van der Waals surface area (Å²) in [6, 6.07) is 9.42. The molecule has 3 heterocycles. The van der Waals surface area contributed by atoms with Gasteiger partial charge in [0.1, 0.15) is 0 Å². The quantitative estimate of drug-likeness (QED) is 0.312. The van der Waals surface area contributed by atoms with Crippen LogP contribution in [-0.2, 0) is 15.6 Å². The minimum absolute atomic E-state index is 0.152. The molecule has 9 nitrogen and oxygen atoms in total. The lowest BCUT2D eigenvalue weighted by Gasteiger charge is -2.36.